The number of aryl methyl sites for hydroxylation is 2. The number of rotatable bonds is 8. The molecule has 17 heavy (non-hydrogen) atoms. The van der Waals surface area contributed by atoms with Crippen molar-refractivity contribution in [3.63, 3.8) is 0 Å². The normalized spacial score (nSPS) is 14.8. The quantitative estimate of drug-likeness (QED) is 0.756. The first-order valence-corrected chi connectivity index (χ1v) is 6.84. The van der Waals surface area contributed by atoms with Crippen LogP contribution in [0.4, 0.5) is 0 Å². The first-order chi connectivity index (χ1) is 8.19. The van der Waals surface area contributed by atoms with Crippen LogP contribution in [-0.4, -0.2) is 21.0 Å². The number of hydrogen-bond acceptors (Lipinski definition) is 2. The van der Waals surface area contributed by atoms with Gasteiger partial charge < -0.3 is 5.11 Å². The lowest BCUT2D eigenvalue weighted by Gasteiger charge is -2.21. The maximum absolute atomic E-state index is 10.2. The molecule has 0 aliphatic heterocycles. The van der Waals surface area contributed by atoms with Crippen molar-refractivity contribution in [1.29, 1.82) is 0 Å². The lowest BCUT2D eigenvalue weighted by molar-refractivity contribution is 0.0901. The van der Waals surface area contributed by atoms with Crippen LogP contribution in [-0.2, 0) is 13.5 Å². The third-order valence-corrected chi connectivity index (χ3v) is 3.62. The molecule has 0 fully saturated rings. The molecule has 0 saturated carbocycles. The van der Waals surface area contributed by atoms with Gasteiger partial charge in [0.1, 0.15) is 0 Å². The van der Waals surface area contributed by atoms with Gasteiger partial charge in [-0.3, -0.25) is 4.68 Å². The van der Waals surface area contributed by atoms with Crippen molar-refractivity contribution >= 4 is 0 Å². The minimum Gasteiger partial charge on any atom is -0.393 e. The summed E-state index contributed by atoms with van der Waals surface area (Å²) in [4.78, 5) is 0. The third-order valence-electron chi connectivity index (χ3n) is 3.62. The number of nitrogens with zero attached hydrogens (tertiary/aromatic N) is 2. The summed E-state index contributed by atoms with van der Waals surface area (Å²) in [6.45, 7) is 4.38. The van der Waals surface area contributed by atoms with Gasteiger partial charge in [-0.05, 0) is 31.2 Å². The molecule has 2 unspecified atom stereocenters. The van der Waals surface area contributed by atoms with Gasteiger partial charge in [-0.15, -0.1) is 0 Å². The standard InChI is InChI=1S/C14H26N2O/c1-4-6-7-12(5-2)14(17)9-8-13-10-11-15-16(13)3/h10-12,14,17H,4-9H2,1-3H3. The zero-order valence-corrected chi connectivity index (χ0v) is 11.4. The minimum absolute atomic E-state index is 0.165. The van der Waals surface area contributed by atoms with Crippen LogP contribution in [0.3, 0.4) is 0 Å². The Hall–Kier alpha value is -0.830. The molecular formula is C14H26N2O. The molecule has 0 radical (unpaired) electrons. The molecule has 0 bridgehead atoms. The van der Waals surface area contributed by atoms with E-state index in [-0.39, 0.29) is 6.10 Å². The largest absolute Gasteiger partial charge is 0.393 e. The molecule has 0 spiro atoms. The van der Waals surface area contributed by atoms with E-state index in [0.29, 0.717) is 5.92 Å². The van der Waals surface area contributed by atoms with Gasteiger partial charge >= 0.3 is 0 Å². The zero-order chi connectivity index (χ0) is 12.7. The maximum Gasteiger partial charge on any atom is 0.0572 e. The summed E-state index contributed by atoms with van der Waals surface area (Å²) >= 11 is 0. The van der Waals surface area contributed by atoms with Crippen LogP contribution in [0, 0.1) is 5.92 Å². The van der Waals surface area contributed by atoms with Crippen molar-refractivity contribution in [2.75, 3.05) is 0 Å². The molecule has 0 saturated heterocycles. The Kier molecular flexibility index (Phi) is 6.27. The van der Waals surface area contributed by atoms with Crippen molar-refractivity contribution in [1.82, 2.24) is 9.78 Å². The monoisotopic (exact) mass is 238 g/mol. The van der Waals surface area contributed by atoms with Crippen molar-refractivity contribution < 1.29 is 5.11 Å². The Labute approximate surface area is 105 Å². The molecule has 0 amide bonds. The minimum atomic E-state index is -0.165. The fourth-order valence-corrected chi connectivity index (χ4v) is 2.31. The van der Waals surface area contributed by atoms with E-state index in [9.17, 15) is 5.11 Å². The fraction of sp³-hybridized carbons (Fsp3) is 0.786. The van der Waals surface area contributed by atoms with Crippen molar-refractivity contribution in [2.24, 2.45) is 13.0 Å². The second-order valence-electron chi connectivity index (χ2n) is 4.86. The van der Waals surface area contributed by atoms with Gasteiger partial charge in [0.2, 0.25) is 0 Å². The highest BCUT2D eigenvalue weighted by Gasteiger charge is 2.17. The Morgan fingerprint density at radius 2 is 2.12 bits per heavy atom. The van der Waals surface area contributed by atoms with Gasteiger partial charge in [0, 0.05) is 18.9 Å². The van der Waals surface area contributed by atoms with E-state index in [1.165, 1.54) is 18.5 Å². The average Bonchev–Trinajstić information content (AvgIpc) is 2.73. The highest BCUT2D eigenvalue weighted by Crippen LogP contribution is 2.20. The summed E-state index contributed by atoms with van der Waals surface area (Å²) in [7, 11) is 1.95. The number of hydrogen-bond donors (Lipinski definition) is 1. The van der Waals surface area contributed by atoms with Gasteiger partial charge in [0.25, 0.3) is 0 Å². The summed E-state index contributed by atoms with van der Waals surface area (Å²) in [5.41, 5.74) is 1.20. The summed E-state index contributed by atoms with van der Waals surface area (Å²) in [5.74, 6) is 0.461. The van der Waals surface area contributed by atoms with Crippen LogP contribution >= 0.6 is 0 Å². The first kappa shape index (κ1) is 14.2. The highest BCUT2D eigenvalue weighted by molar-refractivity contribution is 5.00. The zero-order valence-electron chi connectivity index (χ0n) is 11.4. The molecule has 3 nitrogen and oxygen atoms in total. The molecule has 1 N–H and O–H groups in total. The number of unbranched alkanes of at least 4 members (excludes halogenated alkanes) is 1. The number of aromatic nitrogens is 2. The van der Waals surface area contributed by atoms with E-state index in [0.717, 1.165) is 25.7 Å². The van der Waals surface area contributed by atoms with Gasteiger partial charge in [0.05, 0.1) is 6.10 Å². The Morgan fingerprint density at radius 3 is 2.65 bits per heavy atom. The van der Waals surface area contributed by atoms with E-state index in [2.05, 4.69) is 18.9 Å². The Morgan fingerprint density at radius 1 is 1.35 bits per heavy atom. The van der Waals surface area contributed by atoms with Crippen LogP contribution in [0.1, 0.15) is 51.6 Å². The molecule has 3 heteroatoms. The SMILES string of the molecule is CCCCC(CC)C(O)CCc1ccnn1C. The van der Waals surface area contributed by atoms with Crippen LogP contribution < -0.4 is 0 Å². The van der Waals surface area contributed by atoms with Gasteiger partial charge in [-0.1, -0.05) is 33.1 Å². The topological polar surface area (TPSA) is 38.1 Å². The third kappa shape index (κ3) is 4.50. The Balaban J connectivity index is 2.36. The predicted molar refractivity (Wildman–Crippen MR) is 70.8 cm³/mol. The van der Waals surface area contributed by atoms with Gasteiger partial charge in [-0.2, -0.15) is 5.10 Å². The predicted octanol–water partition coefficient (Wildman–Crippen LogP) is 2.93. The van der Waals surface area contributed by atoms with Crippen molar-refractivity contribution in [2.45, 2.75) is 58.5 Å². The van der Waals surface area contributed by atoms with Crippen LogP contribution in [0.15, 0.2) is 12.3 Å². The van der Waals surface area contributed by atoms with Gasteiger partial charge in [0.15, 0.2) is 0 Å². The smallest absolute Gasteiger partial charge is 0.0572 e. The number of aliphatic hydroxyl groups excluding tert-OH is 1. The molecule has 1 aromatic rings. The molecule has 2 atom stereocenters. The molecule has 1 rings (SSSR count). The summed E-state index contributed by atoms with van der Waals surface area (Å²) < 4.78 is 1.89. The second-order valence-corrected chi connectivity index (χ2v) is 4.86. The van der Waals surface area contributed by atoms with Crippen LogP contribution in [0.5, 0.6) is 0 Å². The summed E-state index contributed by atoms with van der Waals surface area (Å²) in [5, 5.41) is 14.3. The molecule has 0 aliphatic rings. The van der Waals surface area contributed by atoms with E-state index in [4.69, 9.17) is 0 Å². The van der Waals surface area contributed by atoms with Gasteiger partial charge in [-0.25, -0.2) is 0 Å². The second kappa shape index (κ2) is 7.49. The van der Waals surface area contributed by atoms with Crippen molar-refractivity contribution in [3.8, 4) is 0 Å². The first-order valence-electron chi connectivity index (χ1n) is 6.84. The maximum atomic E-state index is 10.2. The molecule has 0 aliphatic carbocycles. The summed E-state index contributed by atoms with van der Waals surface area (Å²) in [6.07, 6.45) is 8.08. The van der Waals surface area contributed by atoms with Crippen molar-refractivity contribution in [3.05, 3.63) is 18.0 Å². The summed E-state index contributed by atoms with van der Waals surface area (Å²) in [6, 6.07) is 2.03. The molecular weight excluding hydrogens is 212 g/mol. The lowest BCUT2D eigenvalue weighted by Crippen LogP contribution is -2.21. The van der Waals surface area contributed by atoms with E-state index in [1.807, 2.05) is 24.0 Å². The molecule has 98 valence electrons. The molecule has 1 aromatic heterocycles. The lowest BCUT2D eigenvalue weighted by atomic mass is 9.90. The Bertz CT molecular complexity index is 309. The van der Waals surface area contributed by atoms with E-state index >= 15 is 0 Å². The highest BCUT2D eigenvalue weighted by atomic mass is 16.3. The van der Waals surface area contributed by atoms with E-state index < -0.39 is 0 Å². The molecule has 0 aromatic carbocycles. The average molecular weight is 238 g/mol. The number of aliphatic hydroxyl groups is 1. The van der Waals surface area contributed by atoms with Crippen LogP contribution in [0.2, 0.25) is 0 Å². The van der Waals surface area contributed by atoms with E-state index in [1.54, 1.807) is 0 Å². The van der Waals surface area contributed by atoms with Crippen LogP contribution in [0.25, 0.3) is 0 Å². The fourth-order valence-electron chi connectivity index (χ4n) is 2.31. The molecule has 1 heterocycles.